The second-order valence-electron chi connectivity index (χ2n) is 8.28. The predicted molar refractivity (Wildman–Crippen MR) is 117 cm³/mol. The molecule has 1 saturated heterocycles. The van der Waals surface area contributed by atoms with Crippen LogP contribution in [0.15, 0.2) is 29.4 Å². The first kappa shape index (κ1) is 21.6. The molecular formula is C24H30N2O5. The average Bonchev–Trinajstić information content (AvgIpc) is 3.16. The molecule has 31 heavy (non-hydrogen) atoms. The number of allylic oxidation sites excluding steroid dienone is 1. The van der Waals surface area contributed by atoms with Crippen molar-refractivity contribution in [2.45, 2.75) is 33.6 Å². The van der Waals surface area contributed by atoms with Gasteiger partial charge in [-0.3, -0.25) is 14.6 Å². The Morgan fingerprint density at radius 1 is 1.13 bits per heavy atom. The lowest BCUT2D eigenvalue weighted by Gasteiger charge is -2.30. The van der Waals surface area contributed by atoms with Crippen molar-refractivity contribution < 1.29 is 23.8 Å². The Morgan fingerprint density at radius 3 is 2.45 bits per heavy atom. The molecule has 1 unspecified atom stereocenters. The van der Waals surface area contributed by atoms with Crippen LogP contribution in [0.1, 0.15) is 43.4 Å². The van der Waals surface area contributed by atoms with Gasteiger partial charge < -0.3 is 14.2 Å². The number of rotatable bonds is 5. The number of ether oxygens (including phenoxy) is 3. The summed E-state index contributed by atoms with van der Waals surface area (Å²) in [5.74, 6) is -1.06. The van der Waals surface area contributed by atoms with E-state index in [2.05, 4.69) is 30.1 Å². The lowest BCUT2D eigenvalue weighted by molar-refractivity contribution is -0.168. The zero-order valence-electron chi connectivity index (χ0n) is 18.5. The van der Waals surface area contributed by atoms with Crippen LogP contribution < -0.4 is 0 Å². The van der Waals surface area contributed by atoms with E-state index in [0.29, 0.717) is 26.1 Å². The molecule has 4 rings (SSSR count). The number of morpholine rings is 1. The summed E-state index contributed by atoms with van der Waals surface area (Å²) in [6.45, 7) is 8.83. The molecule has 7 nitrogen and oxygen atoms in total. The molecule has 0 bridgehead atoms. The smallest absolute Gasteiger partial charge is 0.327 e. The summed E-state index contributed by atoms with van der Waals surface area (Å²) >= 11 is 0. The maximum atomic E-state index is 13.0. The third-order valence-electron chi connectivity index (χ3n) is 6.18. The Hall–Kier alpha value is -2.67. The lowest BCUT2D eigenvalue weighted by Crippen LogP contribution is -2.40. The van der Waals surface area contributed by atoms with Gasteiger partial charge in [-0.15, -0.1) is 0 Å². The van der Waals surface area contributed by atoms with Crippen LogP contribution in [-0.4, -0.2) is 62.2 Å². The first-order chi connectivity index (χ1) is 15.0. The van der Waals surface area contributed by atoms with Gasteiger partial charge in [-0.05, 0) is 56.7 Å². The van der Waals surface area contributed by atoms with Crippen LogP contribution in [0.2, 0.25) is 0 Å². The molecule has 1 aromatic rings. The highest BCUT2D eigenvalue weighted by Gasteiger charge is 2.54. The first-order valence-electron chi connectivity index (χ1n) is 11.1. The standard InChI is InChI=1S/C24H30N2O5/c1-4-30-22(27)24(23(28)31-5-2)14-17-13-21(25-26-8-10-29-11-9-26)19-12-16(3)6-7-18(19)20(17)15-24/h6-7,12,15,17H,4-5,8-11,13-14H2,1-3H3/b25-21-. The summed E-state index contributed by atoms with van der Waals surface area (Å²) in [5.41, 5.74) is 3.85. The number of hydrazone groups is 1. The molecule has 3 aliphatic rings. The van der Waals surface area contributed by atoms with Gasteiger partial charge in [0.2, 0.25) is 0 Å². The summed E-state index contributed by atoms with van der Waals surface area (Å²) in [4.78, 5) is 25.9. The molecule has 0 radical (unpaired) electrons. The second kappa shape index (κ2) is 8.83. The van der Waals surface area contributed by atoms with Gasteiger partial charge in [0.15, 0.2) is 5.41 Å². The largest absolute Gasteiger partial charge is 0.465 e. The highest BCUT2D eigenvalue weighted by molar-refractivity contribution is 6.11. The minimum absolute atomic E-state index is 0.00353. The van der Waals surface area contributed by atoms with Crippen LogP contribution >= 0.6 is 0 Å². The molecule has 1 fully saturated rings. The summed E-state index contributed by atoms with van der Waals surface area (Å²) in [7, 11) is 0. The number of fused-ring (bicyclic) bond motifs is 3. The van der Waals surface area contributed by atoms with Gasteiger partial charge in [-0.25, -0.2) is 0 Å². The number of aryl methyl sites for hydroxylation is 1. The van der Waals surface area contributed by atoms with Gasteiger partial charge in [0, 0.05) is 5.56 Å². The van der Waals surface area contributed by atoms with E-state index in [1.165, 1.54) is 0 Å². The highest BCUT2D eigenvalue weighted by atomic mass is 16.6. The van der Waals surface area contributed by atoms with E-state index in [9.17, 15) is 9.59 Å². The van der Waals surface area contributed by atoms with E-state index in [4.69, 9.17) is 19.3 Å². The predicted octanol–water partition coefficient (Wildman–Crippen LogP) is 2.95. The fourth-order valence-corrected chi connectivity index (χ4v) is 4.72. The van der Waals surface area contributed by atoms with E-state index >= 15 is 0 Å². The van der Waals surface area contributed by atoms with Crippen molar-refractivity contribution in [3.8, 4) is 0 Å². The van der Waals surface area contributed by atoms with Gasteiger partial charge in [0.25, 0.3) is 0 Å². The second-order valence-corrected chi connectivity index (χ2v) is 8.28. The van der Waals surface area contributed by atoms with Crippen LogP contribution in [0.25, 0.3) is 5.57 Å². The number of esters is 2. The molecule has 1 aromatic carbocycles. The van der Waals surface area contributed by atoms with Crippen LogP contribution in [0.5, 0.6) is 0 Å². The monoisotopic (exact) mass is 426 g/mol. The first-order valence-corrected chi connectivity index (χ1v) is 11.1. The maximum Gasteiger partial charge on any atom is 0.327 e. The van der Waals surface area contributed by atoms with Crippen molar-refractivity contribution in [1.82, 2.24) is 5.01 Å². The van der Waals surface area contributed by atoms with Crippen molar-refractivity contribution >= 4 is 23.2 Å². The van der Waals surface area contributed by atoms with Crippen LogP contribution in [-0.2, 0) is 23.8 Å². The summed E-state index contributed by atoms with van der Waals surface area (Å²) in [6, 6.07) is 6.27. The molecule has 7 heteroatoms. The van der Waals surface area contributed by atoms with Crippen LogP contribution in [0.4, 0.5) is 0 Å². The zero-order chi connectivity index (χ0) is 22.0. The topological polar surface area (TPSA) is 77.4 Å². The molecule has 1 aliphatic heterocycles. The molecule has 0 aromatic heterocycles. The molecule has 0 N–H and O–H groups in total. The van der Waals surface area contributed by atoms with Crippen molar-refractivity contribution in [1.29, 1.82) is 0 Å². The van der Waals surface area contributed by atoms with Crippen LogP contribution in [0, 0.1) is 18.3 Å². The average molecular weight is 427 g/mol. The minimum atomic E-state index is -1.40. The molecule has 0 spiro atoms. The van der Waals surface area contributed by atoms with Crippen molar-refractivity contribution in [3.63, 3.8) is 0 Å². The fourth-order valence-electron chi connectivity index (χ4n) is 4.72. The van der Waals surface area contributed by atoms with E-state index in [1.54, 1.807) is 19.9 Å². The maximum absolute atomic E-state index is 13.0. The van der Waals surface area contributed by atoms with Gasteiger partial charge in [-0.1, -0.05) is 23.8 Å². The molecular weight excluding hydrogens is 396 g/mol. The van der Waals surface area contributed by atoms with Gasteiger partial charge in [-0.2, -0.15) is 5.10 Å². The highest BCUT2D eigenvalue weighted by Crippen LogP contribution is 2.51. The zero-order valence-corrected chi connectivity index (χ0v) is 18.5. The molecule has 166 valence electrons. The number of nitrogens with zero attached hydrogens (tertiary/aromatic N) is 2. The Balaban J connectivity index is 1.77. The Kier molecular flexibility index (Phi) is 6.14. The number of hydrogen-bond acceptors (Lipinski definition) is 7. The van der Waals surface area contributed by atoms with E-state index < -0.39 is 17.4 Å². The van der Waals surface area contributed by atoms with Gasteiger partial charge in [0.1, 0.15) is 0 Å². The summed E-state index contributed by atoms with van der Waals surface area (Å²) in [5, 5.41) is 7.01. The van der Waals surface area contributed by atoms with Gasteiger partial charge >= 0.3 is 11.9 Å². The molecule has 1 atom stereocenters. The number of carbonyl (C=O) groups excluding carboxylic acids is 2. The third kappa shape index (κ3) is 3.99. The van der Waals surface area contributed by atoms with Crippen molar-refractivity contribution in [2.75, 3.05) is 39.5 Å². The SMILES string of the molecule is CCOC(=O)C1(C(=O)OCC)C=C2c3ccc(C)cc3/C(=N\N3CCOCC3)CC2C1. The number of benzene rings is 1. The Morgan fingerprint density at radius 2 is 1.81 bits per heavy atom. The van der Waals surface area contributed by atoms with E-state index in [1.807, 2.05) is 0 Å². The minimum Gasteiger partial charge on any atom is -0.465 e. The van der Waals surface area contributed by atoms with Gasteiger partial charge in [0.05, 0.1) is 45.2 Å². The van der Waals surface area contributed by atoms with Crippen molar-refractivity contribution in [3.05, 3.63) is 41.0 Å². The molecule has 0 amide bonds. The fraction of sp³-hybridized carbons (Fsp3) is 0.542. The third-order valence-corrected chi connectivity index (χ3v) is 6.18. The Labute approximate surface area is 183 Å². The van der Waals surface area contributed by atoms with Crippen molar-refractivity contribution in [2.24, 2.45) is 16.4 Å². The normalized spacial score (nSPS) is 23.1. The van der Waals surface area contributed by atoms with E-state index in [0.717, 1.165) is 41.1 Å². The summed E-state index contributed by atoms with van der Waals surface area (Å²) in [6.07, 6.45) is 2.81. The quantitative estimate of drug-likeness (QED) is 0.532. The molecule has 1 heterocycles. The van der Waals surface area contributed by atoms with Crippen LogP contribution in [0.3, 0.4) is 0 Å². The number of carbonyl (C=O) groups is 2. The number of hydrogen-bond donors (Lipinski definition) is 0. The Bertz CT molecular complexity index is 912. The van der Waals surface area contributed by atoms with E-state index in [-0.39, 0.29) is 19.1 Å². The summed E-state index contributed by atoms with van der Waals surface area (Å²) < 4.78 is 16.1. The molecule has 2 aliphatic carbocycles. The lowest BCUT2D eigenvalue weighted by atomic mass is 9.78. The molecule has 0 saturated carbocycles.